The fourth-order valence-electron chi connectivity index (χ4n) is 4.62. The molecule has 0 radical (unpaired) electrons. The van der Waals surface area contributed by atoms with E-state index in [0.29, 0.717) is 23.7 Å². The van der Waals surface area contributed by atoms with Gasteiger partial charge in [0.2, 0.25) is 11.8 Å². The molecule has 2 heterocycles. The second kappa shape index (κ2) is 10.9. The van der Waals surface area contributed by atoms with Crippen molar-refractivity contribution < 1.29 is 19.1 Å². The van der Waals surface area contributed by atoms with E-state index in [4.69, 9.17) is 9.47 Å². The molecule has 1 N–H and O–H groups in total. The van der Waals surface area contributed by atoms with Crippen LogP contribution in [0.4, 0.5) is 5.69 Å². The lowest BCUT2D eigenvalue weighted by molar-refractivity contribution is -0.127. The second-order valence-corrected chi connectivity index (χ2v) is 9.02. The smallest absolute Gasteiger partial charge is 0.227 e. The van der Waals surface area contributed by atoms with Crippen LogP contribution in [0.5, 0.6) is 11.5 Å². The molecule has 8 nitrogen and oxygen atoms in total. The summed E-state index contributed by atoms with van der Waals surface area (Å²) in [5, 5.41) is 3.25. The number of anilines is 1. The first-order chi connectivity index (χ1) is 16.5. The van der Waals surface area contributed by atoms with Crippen LogP contribution < -0.4 is 19.7 Å². The minimum atomic E-state index is -0.403. The summed E-state index contributed by atoms with van der Waals surface area (Å²) < 4.78 is 10.7. The molecule has 0 aromatic heterocycles. The standard InChI is InChI=1S/C26H34N4O4/c1-28-11-13-29(14-12-28)18-22(19-7-5-4-6-8-19)27-26(32)20-15-25(31)30(17-20)21-9-10-23(33-2)24(16-21)34-3/h4-10,16,20,22H,11-15,17-18H2,1-3H3,(H,27,32). The zero-order valence-corrected chi connectivity index (χ0v) is 20.2. The molecule has 8 heteroatoms. The largest absolute Gasteiger partial charge is 0.493 e. The Hall–Kier alpha value is -3.10. The number of piperazine rings is 1. The zero-order chi connectivity index (χ0) is 24.1. The number of nitrogens with one attached hydrogen (secondary N) is 1. The third kappa shape index (κ3) is 5.51. The lowest BCUT2D eigenvalue weighted by Gasteiger charge is -2.35. The highest BCUT2D eigenvalue weighted by Gasteiger charge is 2.36. The highest BCUT2D eigenvalue weighted by molar-refractivity contribution is 6.00. The fourth-order valence-corrected chi connectivity index (χ4v) is 4.62. The Morgan fingerprint density at radius 2 is 1.74 bits per heavy atom. The van der Waals surface area contributed by atoms with Crippen LogP contribution in [0.1, 0.15) is 18.0 Å². The first kappa shape index (κ1) is 24.0. The molecule has 2 unspecified atom stereocenters. The average Bonchev–Trinajstić information content (AvgIpc) is 3.26. The van der Waals surface area contributed by atoms with Crippen LogP contribution in [0.15, 0.2) is 48.5 Å². The van der Waals surface area contributed by atoms with Crippen LogP contribution >= 0.6 is 0 Å². The Morgan fingerprint density at radius 3 is 2.41 bits per heavy atom. The van der Waals surface area contributed by atoms with E-state index in [1.165, 1.54) is 0 Å². The minimum Gasteiger partial charge on any atom is -0.493 e. The Balaban J connectivity index is 1.45. The summed E-state index contributed by atoms with van der Waals surface area (Å²) in [4.78, 5) is 32.5. The van der Waals surface area contributed by atoms with E-state index in [9.17, 15) is 9.59 Å². The summed E-state index contributed by atoms with van der Waals surface area (Å²) in [6, 6.07) is 15.3. The van der Waals surface area contributed by atoms with Gasteiger partial charge < -0.3 is 24.6 Å². The number of hydrogen-bond donors (Lipinski definition) is 1. The lowest BCUT2D eigenvalue weighted by atomic mass is 10.0. The van der Waals surface area contributed by atoms with Gasteiger partial charge in [-0.3, -0.25) is 14.5 Å². The number of nitrogens with zero attached hydrogens (tertiary/aromatic N) is 3. The van der Waals surface area contributed by atoms with Gasteiger partial charge >= 0.3 is 0 Å². The Kier molecular flexibility index (Phi) is 7.70. The highest BCUT2D eigenvalue weighted by Crippen LogP contribution is 2.34. The van der Waals surface area contributed by atoms with Gasteiger partial charge in [0.05, 0.1) is 26.2 Å². The van der Waals surface area contributed by atoms with E-state index in [-0.39, 0.29) is 24.3 Å². The number of hydrogen-bond acceptors (Lipinski definition) is 6. The second-order valence-electron chi connectivity index (χ2n) is 9.02. The quantitative estimate of drug-likeness (QED) is 0.643. The molecule has 2 aromatic rings. The van der Waals surface area contributed by atoms with E-state index >= 15 is 0 Å². The molecule has 0 spiro atoms. The number of rotatable bonds is 8. The summed E-state index contributed by atoms with van der Waals surface area (Å²) in [7, 11) is 5.27. The number of likely N-dealkylation sites (N-methyl/N-ethyl adjacent to an activating group) is 1. The molecule has 2 amide bonds. The average molecular weight is 467 g/mol. The molecule has 0 saturated carbocycles. The van der Waals surface area contributed by atoms with E-state index in [1.807, 2.05) is 24.3 Å². The van der Waals surface area contributed by atoms with Crippen LogP contribution in [0.25, 0.3) is 0 Å². The van der Waals surface area contributed by atoms with Gasteiger partial charge in [-0.15, -0.1) is 0 Å². The van der Waals surface area contributed by atoms with Crippen LogP contribution in [0.2, 0.25) is 0 Å². The summed E-state index contributed by atoms with van der Waals surface area (Å²) in [6.45, 7) is 5.09. The van der Waals surface area contributed by atoms with E-state index in [0.717, 1.165) is 38.3 Å². The lowest BCUT2D eigenvalue weighted by Crippen LogP contribution is -2.48. The maximum Gasteiger partial charge on any atom is 0.227 e. The molecular formula is C26H34N4O4. The SMILES string of the molecule is COc1ccc(N2CC(C(=O)NC(CN3CCN(C)CC3)c3ccccc3)CC2=O)cc1OC. The molecule has 182 valence electrons. The van der Waals surface area contributed by atoms with Crippen molar-refractivity contribution in [3.05, 3.63) is 54.1 Å². The van der Waals surface area contributed by atoms with Crippen molar-refractivity contribution in [2.75, 3.05) is 65.4 Å². The van der Waals surface area contributed by atoms with Gasteiger partial charge in [0.1, 0.15) is 0 Å². The number of amides is 2. The monoisotopic (exact) mass is 466 g/mol. The maximum atomic E-state index is 13.3. The number of benzene rings is 2. The summed E-state index contributed by atoms with van der Waals surface area (Å²) in [5.41, 5.74) is 1.78. The van der Waals surface area contributed by atoms with E-state index in [1.54, 1.807) is 31.3 Å². The summed E-state index contributed by atoms with van der Waals surface area (Å²) in [5.74, 6) is 0.597. The van der Waals surface area contributed by atoms with Crippen LogP contribution in [-0.2, 0) is 9.59 Å². The van der Waals surface area contributed by atoms with Crippen LogP contribution in [0.3, 0.4) is 0 Å². The zero-order valence-electron chi connectivity index (χ0n) is 20.2. The predicted molar refractivity (Wildman–Crippen MR) is 131 cm³/mol. The third-order valence-corrected chi connectivity index (χ3v) is 6.73. The Bertz CT molecular complexity index is 992. The molecule has 2 fully saturated rings. The van der Waals surface area contributed by atoms with Crippen LogP contribution in [0, 0.1) is 5.92 Å². The molecule has 0 bridgehead atoms. The summed E-state index contributed by atoms with van der Waals surface area (Å²) >= 11 is 0. The minimum absolute atomic E-state index is 0.0669. The van der Waals surface area contributed by atoms with Crippen molar-refractivity contribution in [3.8, 4) is 11.5 Å². The van der Waals surface area contributed by atoms with Gasteiger partial charge in [0.15, 0.2) is 11.5 Å². The van der Waals surface area contributed by atoms with Crippen molar-refractivity contribution in [1.82, 2.24) is 15.1 Å². The third-order valence-electron chi connectivity index (χ3n) is 6.73. The van der Waals surface area contributed by atoms with Gasteiger partial charge in [-0.05, 0) is 24.7 Å². The molecule has 2 aromatic carbocycles. The number of carbonyl (C=O) groups excluding carboxylic acids is 2. The highest BCUT2D eigenvalue weighted by atomic mass is 16.5. The maximum absolute atomic E-state index is 13.3. The van der Waals surface area contributed by atoms with Crippen molar-refractivity contribution in [2.45, 2.75) is 12.5 Å². The van der Waals surface area contributed by atoms with E-state index < -0.39 is 5.92 Å². The van der Waals surface area contributed by atoms with E-state index in [2.05, 4.69) is 34.3 Å². The molecule has 4 rings (SSSR count). The summed E-state index contributed by atoms with van der Waals surface area (Å²) in [6.07, 6.45) is 0.191. The molecule has 2 saturated heterocycles. The van der Waals surface area contributed by atoms with Crippen molar-refractivity contribution in [3.63, 3.8) is 0 Å². The first-order valence-corrected chi connectivity index (χ1v) is 11.8. The number of ether oxygens (including phenoxy) is 2. The molecule has 2 atom stereocenters. The predicted octanol–water partition coefficient (Wildman–Crippen LogP) is 2.16. The van der Waals surface area contributed by atoms with Crippen molar-refractivity contribution >= 4 is 17.5 Å². The Morgan fingerprint density at radius 1 is 1.03 bits per heavy atom. The van der Waals surface area contributed by atoms with Gasteiger partial charge in [0.25, 0.3) is 0 Å². The van der Waals surface area contributed by atoms with Crippen molar-refractivity contribution in [2.24, 2.45) is 5.92 Å². The molecule has 0 aliphatic carbocycles. The Labute approximate surface area is 201 Å². The molecular weight excluding hydrogens is 432 g/mol. The topological polar surface area (TPSA) is 74.4 Å². The van der Waals surface area contributed by atoms with Gasteiger partial charge in [0, 0.05) is 57.4 Å². The van der Waals surface area contributed by atoms with Gasteiger partial charge in [-0.2, -0.15) is 0 Å². The normalized spacial score (nSPS) is 20.3. The fraction of sp³-hybridized carbons (Fsp3) is 0.462. The van der Waals surface area contributed by atoms with Gasteiger partial charge in [-0.1, -0.05) is 30.3 Å². The van der Waals surface area contributed by atoms with Crippen LogP contribution in [-0.4, -0.2) is 82.1 Å². The first-order valence-electron chi connectivity index (χ1n) is 11.8. The molecule has 2 aliphatic rings. The molecule has 2 aliphatic heterocycles. The number of carbonyl (C=O) groups is 2. The number of methoxy groups -OCH3 is 2. The molecule has 34 heavy (non-hydrogen) atoms. The van der Waals surface area contributed by atoms with Gasteiger partial charge in [-0.25, -0.2) is 0 Å². The van der Waals surface area contributed by atoms with Crippen molar-refractivity contribution in [1.29, 1.82) is 0 Å².